The van der Waals surface area contributed by atoms with Crippen LogP contribution in [0.3, 0.4) is 0 Å². The number of nitrogens with zero attached hydrogens (tertiary/aromatic N) is 3. The van der Waals surface area contributed by atoms with Crippen LogP contribution < -0.4 is 5.32 Å². The van der Waals surface area contributed by atoms with E-state index < -0.39 is 0 Å². The Morgan fingerprint density at radius 1 is 1.24 bits per heavy atom. The van der Waals surface area contributed by atoms with Crippen molar-refractivity contribution in [2.75, 3.05) is 31.6 Å². The SMILES string of the molecule is Cc1c(C(=O)N2CCOCC2)sc2ncnc(N[C@@H]3CCCc4ccccc43)c12. The number of amides is 1. The molecule has 0 unspecified atom stereocenters. The quantitative estimate of drug-likeness (QED) is 0.710. The third-order valence-corrected chi connectivity index (χ3v) is 7.09. The van der Waals surface area contributed by atoms with Gasteiger partial charge in [-0.25, -0.2) is 9.97 Å². The van der Waals surface area contributed by atoms with Gasteiger partial charge in [-0.2, -0.15) is 0 Å². The van der Waals surface area contributed by atoms with Crippen molar-refractivity contribution in [2.45, 2.75) is 32.2 Å². The first-order valence-corrected chi connectivity index (χ1v) is 11.0. The summed E-state index contributed by atoms with van der Waals surface area (Å²) in [5.41, 5.74) is 3.73. The zero-order valence-electron chi connectivity index (χ0n) is 16.5. The van der Waals surface area contributed by atoms with Crippen molar-refractivity contribution >= 4 is 33.3 Å². The van der Waals surface area contributed by atoms with Crippen molar-refractivity contribution < 1.29 is 9.53 Å². The molecule has 1 aromatic carbocycles. The monoisotopic (exact) mass is 408 g/mol. The number of anilines is 1. The summed E-state index contributed by atoms with van der Waals surface area (Å²) in [6.45, 7) is 4.49. The maximum atomic E-state index is 13.1. The van der Waals surface area contributed by atoms with Gasteiger partial charge in [0, 0.05) is 13.1 Å². The third-order valence-electron chi connectivity index (χ3n) is 5.90. The number of morpholine rings is 1. The van der Waals surface area contributed by atoms with Gasteiger partial charge in [-0.1, -0.05) is 24.3 Å². The molecule has 3 aromatic rings. The summed E-state index contributed by atoms with van der Waals surface area (Å²) in [7, 11) is 0. The topological polar surface area (TPSA) is 67.4 Å². The molecule has 0 saturated carbocycles. The second kappa shape index (κ2) is 7.72. The average Bonchev–Trinajstić information content (AvgIpc) is 3.11. The molecule has 1 N–H and O–H groups in total. The van der Waals surface area contributed by atoms with E-state index in [1.54, 1.807) is 6.33 Å². The number of ether oxygens (including phenoxy) is 1. The fourth-order valence-corrected chi connectivity index (χ4v) is 5.48. The summed E-state index contributed by atoms with van der Waals surface area (Å²) in [5.74, 6) is 0.897. The molecule has 3 heterocycles. The molecule has 1 aliphatic heterocycles. The number of nitrogens with one attached hydrogen (secondary N) is 1. The molecule has 1 fully saturated rings. The van der Waals surface area contributed by atoms with Gasteiger partial charge in [0.05, 0.1) is 29.5 Å². The minimum atomic E-state index is 0.0720. The van der Waals surface area contributed by atoms with Gasteiger partial charge in [-0.15, -0.1) is 11.3 Å². The minimum Gasteiger partial charge on any atom is -0.378 e. The summed E-state index contributed by atoms with van der Waals surface area (Å²) in [5, 5.41) is 4.63. The molecular weight excluding hydrogens is 384 g/mol. The molecule has 0 bridgehead atoms. The van der Waals surface area contributed by atoms with Crippen molar-refractivity contribution in [3.8, 4) is 0 Å². The summed E-state index contributed by atoms with van der Waals surface area (Å²) >= 11 is 1.46. The number of thiophene rings is 1. The van der Waals surface area contributed by atoms with Gasteiger partial charge in [-0.05, 0) is 42.9 Å². The Bertz CT molecular complexity index is 1060. The van der Waals surface area contributed by atoms with E-state index in [2.05, 4.69) is 39.6 Å². The maximum Gasteiger partial charge on any atom is 0.264 e. The lowest BCUT2D eigenvalue weighted by molar-refractivity contribution is 0.0306. The van der Waals surface area contributed by atoms with Crippen LogP contribution in [0.15, 0.2) is 30.6 Å². The third kappa shape index (κ3) is 3.38. The normalized spacial score (nSPS) is 19.2. The first kappa shape index (κ1) is 18.5. The molecule has 29 heavy (non-hydrogen) atoms. The molecule has 2 aliphatic rings. The van der Waals surface area contributed by atoms with Gasteiger partial charge < -0.3 is 15.0 Å². The second-order valence-electron chi connectivity index (χ2n) is 7.65. The van der Waals surface area contributed by atoms with Crippen LogP contribution in [0.4, 0.5) is 5.82 Å². The summed E-state index contributed by atoms with van der Waals surface area (Å²) in [6, 6.07) is 8.86. The number of fused-ring (bicyclic) bond motifs is 2. The Balaban J connectivity index is 1.49. The average molecular weight is 409 g/mol. The van der Waals surface area contributed by atoms with Gasteiger partial charge in [-0.3, -0.25) is 4.79 Å². The van der Waals surface area contributed by atoms with E-state index in [4.69, 9.17) is 4.74 Å². The summed E-state index contributed by atoms with van der Waals surface area (Å²) in [4.78, 5) is 25.6. The van der Waals surface area contributed by atoms with Crippen LogP contribution in [0.5, 0.6) is 0 Å². The van der Waals surface area contributed by atoms with E-state index in [1.807, 2.05) is 11.8 Å². The number of carbonyl (C=O) groups is 1. The zero-order valence-corrected chi connectivity index (χ0v) is 17.3. The van der Waals surface area contributed by atoms with Gasteiger partial charge in [0.2, 0.25) is 0 Å². The van der Waals surface area contributed by atoms with E-state index in [1.165, 1.54) is 22.5 Å². The molecule has 1 aliphatic carbocycles. The number of carbonyl (C=O) groups excluding carboxylic acids is 1. The zero-order chi connectivity index (χ0) is 19.8. The lowest BCUT2D eigenvalue weighted by Gasteiger charge is -2.27. The Kier molecular flexibility index (Phi) is 4.93. The van der Waals surface area contributed by atoms with Crippen LogP contribution in [0.2, 0.25) is 0 Å². The number of benzene rings is 1. The molecule has 7 heteroatoms. The highest BCUT2D eigenvalue weighted by Crippen LogP contribution is 2.37. The smallest absolute Gasteiger partial charge is 0.264 e. The minimum absolute atomic E-state index is 0.0720. The Morgan fingerprint density at radius 2 is 2.07 bits per heavy atom. The van der Waals surface area contributed by atoms with E-state index in [0.29, 0.717) is 26.3 Å². The van der Waals surface area contributed by atoms with Crippen molar-refractivity contribution in [2.24, 2.45) is 0 Å². The van der Waals surface area contributed by atoms with Crippen molar-refractivity contribution in [3.63, 3.8) is 0 Å². The molecule has 0 spiro atoms. The van der Waals surface area contributed by atoms with Gasteiger partial charge in [0.1, 0.15) is 17.0 Å². The van der Waals surface area contributed by atoms with E-state index in [0.717, 1.165) is 45.7 Å². The molecule has 1 atom stereocenters. The Labute approximate surface area is 173 Å². The van der Waals surface area contributed by atoms with E-state index in [9.17, 15) is 4.79 Å². The number of aromatic nitrogens is 2. The molecule has 5 rings (SSSR count). The number of aryl methyl sites for hydroxylation is 2. The van der Waals surface area contributed by atoms with E-state index >= 15 is 0 Å². The number of hydrogen-bond donors (Lipinski definition) is 1. The molecule has 0 radical (unpaired) electrons. The highest BCUT2D eigenvalue weighted by Gasteiger charge is 2.26. The first-order chi connectivity index (χ1) is 14.2. The van der Waals surface area contributed by atoms with Crippen LogP contribution in [0, 0.1) is 6.92 Å². The van der Waals surface area contributed by atoms with Crippen LogP contribution in [0.25, 0.3) is 10.2 Å². The van der Waals surface area contributed by atoms with E-state index in [-0.39, 0.29) is 11.9 Å². The number of rotatable bonds is 3. The lowest BCUT2D eigenvalue weighted by atomic mass is 9.87. The van der Waals surface area contributed by atoms with Crippen LogP contribution in [-0.4, -0.2) is 47.1 Å². The molecule has 150 valence electrons. The summed E-state index contributed by atoms with van der Waals surface area (Å²) < 4.78 is 5.38. The highest BCUT2D eigenvalue weighted by atomic mass is 32.1. The lowest BCUT2D eigenvalue weighted by Crippen LogP contribution is -2.40. The maximum absolute atomic E-state index is 13.1. The Morgan fingerprint density at radius 3 is 2.93 bits per heavy atom. The fraction of sp³-hybridized carbons (Fsp3) is 0.409. The molecule has 1 saturated heterocycles. The van der Waals surface area contributed by atoms with Crippen molar-refractivity contribution in [1.82, 2.24) is 14.9 Å². The predicted octanol–water partition coefficient (Wildman–Crippen LogP) is 3.96. The molecule has 6 nitrogen and oxygen atoms in total. The fourth-order valence-electron chi connectivity index (χ4n) is 4.36. The Hall–Kier alpha value is -2.51. The predicted molar refractivity (Wildman–Crippen MR) is 115 cm³/mol. The van der Waals surface area contributed by atoms with Crippen molar-refractivity contribution in [3.05, 3.63) is 52.2 Å². The molecule has 1 amide bonds. The van der Waals surface area contributed by atoms with Gasteiger partial charge in [0.25, 0.3) is 5.91 Å². The largest absolute Gasteiger partial charge is 0.378 e. The second-order valence-corrected chi connectivity index (χ2v) is 8.65. The van der Waals surface area contributed by atoms with Gasteiger partial charge >= 0.3 is 0 Å². The molecular formula is C22H24N4O2S. The van der Waals surface area contributed by atoms with Crippen LogP contribution in [0.1, 0.15) is 45.2 Å². The standard InChI is InChI=1S/C22H24N4O2S/c1-14-18-20(25-17-8-4-6-15-5-2-3-7-16(15)17)23-13-24-21(18)29-19(14)22(27)26-9-11-28-12-10-26/h2-3,5,7,13,17H,4,6,8-12H2,1H3,(H,23,24,25)/t17-/m1/s1. The van der Waals surface area contributed by atoms with Crippen molar-refractivity contribution in [1.29, 1.82) is 0 Å². The van der Waals surface area contributed by atoms with Crippen LogP contribution >= 0.6 is 11.3 Å². The highest BCUT2D eigenvalue weighted by molar-refractivity contribution is 7.20. The van der Waals surface area contributed by atoms with Crippen LogP contribution in [-0.2, 0) is 11.2 Å². The summed E-state index contributed by atoms with van der Waals surface area (Å²) in [6.07, 6.45) is 4.96. The first-order valence-electron chi connectivity index (χ1n) is 10.2. The van der Waals surface area contributed by atoms with Gasteiger partial charge in [0.15, 0.2) is 0 Å². The number of hydrogen-bond acceptors (Lipinski definition) is 6. The molecule has 2 aromatic heterocycles.